The number of alkyl halides is 3. The van der Waals surface area contributed by atoms with Crippen molar-refractivity contribution in [2.75, 3.05) is 5.32 Å². The Bertz CT molecular complexity index is 438. The summed E-state index contributed by atoms with van der Waals surface area (Å²) < 4.78 is 36.8. The normalized spacial score (nSPS) is 13.4. The molecule has 108 valence electrons. The van der Waals surface area contributed by atoms with Gasteiger partial charge in [-0.2, -0.15) is 13.2 Å². The van der Waals surface area contributed by atoms with Crippen LogP contribution in [0.15, 0.2) is 16.6 Å². The molecule has 1 nitrogen and oxygen atoms in total. The summed E-state index contributed by atoms with van der Waals surface area (Å²) in [7, 11) is 0. The minimum absolute atomic E-state index is 0.0829. The van der Waals surface area contributed by atoms with Gasteiger partial charge in [-0.1, -0.05) is 23.2 Å². The van der Waals surface area contributed by atoms with Gasteiger partial charge >= 0.3 is 6.18 Å². The molecular weight excluding hydrogens is 366 g/mol. The molecular formula is C12H13BrCl2F3N. The summed E-state index contributed by atoms with van der Waals surface area (Å²) in [4.78, 5) is 0. The smallest absolute Gasteiger partial charge is 0.381 e. The Balaban J connectivity index is 2.53. The minimum atomic E-state index is -4.10. The average Bonchev–Trinajstić information content (AvgIpc) is 2.28. The molecule has 0 fully saturated rings. The van der Waals surface area contributed by atoms with Gasteiger partial charge in [0.15, 0.2) is 0 Å². The van der Waals surface area contributed by atoms with Crippen LogP contribution in [0.5, 0.6) is 0 Å². The highest BCUT2D eigenvalue weighted by atomic mass is 79.9. The molecule has 0 aliphatic carbocycles. The predicted octanol–water partition coefficient (Wildman–Crippen LogP) is 6.29. The van der Waals surface area contributed by atoms with Crippen LogP contribution in [0.1, 0.15) is 26.2 Å². The molecule has 0 aliphatic heterocycles. The molecule has 1 rings (SSSR count). The molecule has 0 saturated carbocycles. The third-order valence-electron chi connectivity index (χ3n) is 2.53. The van der Waals surface area contributed by atoms with E-state index in [1.54, 1.807) is 12.1 Å². The third-order valence-corrected chi connectivity index (χ3v) is 4.31. The first-order valence-corrected chi connectivity index (χ1v) is 7.22. The molecule has 1 N–H and O–H groups in total. The van der Waals surface area contributed by atoms with Crippen molar-refractivity contribution in [1.82, 2.24) is 0 Å². The van der Waals surface area contributed by atoms with Gasteiger partial charge in [-0.05, 0) is 47.8 Å². The predicted molar refractivity (Wildman–Crippen MR) is 77.2 cm³/mol. The summed E-state index contributed by atoms with van der Waals surface area (Å²) in [5.41, 5.74) is 0.620. The van der Waals surface area contributed by atoms with Gasteiger partial charge in [0.2, 0.25) is 0 Å². The zero-order chi connectivity index (χ0) is 14.6. The molecule has 1 atom stereocenters. The molecule has 0 bridgehead atoms. The lowest BCUT2D eigenvalue weighted by Crippen LogP contribution is -2.17. The number of halogens is 6. The van der Waals surface area contributed by atoms with Crippen LogP contribution >= 0.6 is 39.1 Å². The number of rotatable bonds is 5. The van der Waals surface area contributed by atoms with Crippen LogP contribution in [-0.4, -0.2) is 12.2 Å². The SMILES string of the molecule is CC(CCCC(F)(F)F)Nc1ccc(Br)c(Cl)c1Cl. The van der Waals surface area contributed by atoms with Crippen molar-refractivity contribution in [3.8, 4) is 0 Å². The Morgan fingerprint density at radius 1 is 1.26 bits per heavy atom. The van der Waals surface area contributed by atoms with Gasteiger partial charge in [-0.25, -0.2) is 0 Å². The maximum absolute atomic E-state index is 12.0. The number of hydrogen-bond donors (Lipinski definition) is 1. The Morgan fingerprint density at radius 3 is 2.47 bits per heavy atom. The van der Waals surface area contributed by atoms with Crippen molar-refractivity contribution in [3.63, 3.8) is 0 Å². The fourth-order valence-corrected chi connectivity index (χ4v) is 2.41. The standard InChI is InChI=1S/C12H13BrCl2F3N/c1-7(3-2-6-12(16,17)18)19-9-5-4-8(13)10(14)11(9)15/h4-5,7,19H,2-3,6H2,1H3. The van der Waals surface area contributed by atoms with Gasteiger partial charge < -0.3 is 5.32 Å². The van der Waals surface area contributed by atoms with E-state index < -0.39 is 12.6 Å². The maximum Gasteiger partial charge on any atom is 0.389 e. The summed E-state index contributed by atoms with van der Waals surface area (Å²) in [6.07, 6.45) is -4.38. The van der Waals surface area contributed by atoms with Crippen molar-refractivity contribution in [1.29, 1.82) is 0 Å². The van der Waals surface area contributed by atoms with Crippen molar-refractivity contribution < 1.29 is 13.2 Å². The van der Waals surface area contributed by atoms with E-state index in [-0.39, 0.29) is 12.5 Å². The second-order valence-corrected chi connectivity index (χ2v) is 5.89. The van der Waals surface area contributed by atoms with Crippen LogP contribution in [0.4, 0.5) is 18.9 Å². The topological polar surface area (TPSA) is 12.0 Å². The molecule has 0 amide bonds. The van der Waals surface area contributed by atoms with Crippen molar-refractivity contribution in [2.45, 2.75) is 38.4 Å². The molecule has 1 aromatic carbocycles. The first-order chi connectivity index (χ1) is 8.70. The molecule has 19 heavy (non-hydrogen) atoms. The van der Waals surface area contributed by atoms with Gasteiger partial charge in [0.25, 0.3) is 0 Å². The number of hydrogen-bond acceptors (Lipinski definition) is 1. The Morgan fingerprint density at radius 2 is 1.89 bits per heavy atom. The first kappa shape index (κ1) is 16.9. The third kappa shape index (κ3) is 5.79. The summed E-state index contributed by atoms with van der Waals surface area (Å²) >= 11 is 15.2. The zero-order valence-corrected chi connectivity index (χ0v) is 13.2. The highest BCUT2D eigenvalue weighted by Gasteiger charge is 2.26. The van der Waals surface area contributed by atoms with E-state index in [2.05, 4.69) is 21.2 Å². The van der Waals surface area contributed by atoms with Crippen LogP contribution < -0.4 is 5.32 Å². The lowest BCUT2D eigenvalue weighted by Gasteiger charge is -2.17. The summed E-state index contributed by atoms with van der Waals surface area (Å²) in [6, 6.07) is 3.36. The van der Waals surface area contributed by atoms with Crippen LogP contribution in [0.3, 0.4) is 0 Å². The lowest BCUT2D eigenvalue weighted by atomic mass is 10.1. The fourth-order valence-electron chi connectivity index (χ4n) is 1.58. The molecule has 0 aromatic heterocycles. The van der Waals surface area contributed by atoms with E-state index in [1.807, 2.05) is 6.92 Å². The van der Waals surface area contributed by atoms with E-state index in [9.17, 15) is 13.2 Å². The van der Waals surface area contributed by atoms with E-state index in [4.69, 9.17) is 23.2 Å². The number of nitrogens with one attached hydrogen (secondary N) is 1. The Hall–Kier alpha value is -0.130. The van der Waals surface area contributed by atoms with Gasteiger partial charge in [0.05, 0.1) is 15.7 Å². The Kier molecular flexibility index (Phi) is 6.27. The second kappa shape index (κ2) is 7.04. The van der Waals surface area contributed by atoms with Crippen LogP contribution in [0.2, 0.25) is 10.0 Å². The number of benzene rings is 1. The van der Waals surface area contributed by atoms with E-state index >= 15 is 0 Å². The number of anilines is 1. The molecule has 0 radical (unpaired) electrons. The summed E-state index contributed by atoms with van der Waals surface area (Å²) in [5, 5.41) is 3.80. The molecule has 0 saturated heterocycles. The highest BCUT2D eigenvalue weighted by Crippen LogP contribution is 2.36. The lowest BCUT2D eigenvalue weighted by molar-refractivity contribution is -0.135. The first-order valence-electron chi connectivity index (χ1n) is 5.67. The van der Waals surface area contributed by atoms with Crippen molar-refractivity contribution in [3.05, 3.63) is 26.7 Å². The largest absolute Gasteiger partial charge is 0.389 e. The molecule has 0 aliphatic rings. The maximum atomic E-state index is 12.0. The van der Waals surface area contributed by atoms with Gasteiger partial charge in [-0.3, -0.25) is 0 Å². The minimum Gasteiger partial charge on any atom is -0.381 e. The van der Waals surface area contributed by atoms with Crippen molar-refractivity contribution >= 4 is 44.8 Å². The fraction of sp³-hybridized carbons (Fsp3) is 0.500. The average molecular weight is 379 g/mol. The molecule has 0 heterocycles. The van der Waals surface area contributed by atoms with E-state index in [0.29, 0.717) is 26.6 Å². The highest BCUT2D eigenvalue weighted by molar-refractivity contribution is 9.10. The van der Waals surface area contributed by atoms with E-state index in [0.717, 1.165) is 0 Å². The van der Waals surface area contributed by atoms with Gasteiger partial charge in [-0.15, -0.1) is 0 Å². The molecule has 1 aromatic rings. The zero-order valence-electron chi connectivity index (χ0n) is 10.1. The van der Waals surface area contributed by atoms with Crippen LogP contribution in [0, 0.1) is 0 Å². The quantitative estimate of drug-likeness (QED) is 0.593. The molecule has 1 unspecified atom stereocenters. The Labute approximate surface area is 128 Å². The van der Waals surface area contributed by atoms with E-state index in [1.165, 1.54) is 0 Å². The summed E-state index contributed by atoms with van der Waals surface area (Å²) in [5.74, 6) is 0. The summed E-state index contributed by atoms with van der Waals surface area (Å²) in [6.45, 7) is 1.81. The molecule has 0 spiro atoms. The van der Waals surface area contributed by atoms with Crippen molar-refractivity contribution in [2.24, 2.45) is 0 Å². The van der Waals surface area contributed by atoms with Gasteiger partial charge in [0.1, 0.15) is 0 Å². The monoisotopic (exact) mass is 377 g/mol. The van der Waals surface area contributed by atoms with Crippen LogP contribution in [0.25, 0.3) is 0 Å². The molecule has 7 heteroatoms. The second-order valence-electron chi connectivity index (χ2n) is 4.28. The van der Waals surface area contributed by atoms with Crippen LogP contribution in [-0.2, 0) is 0 Å². The van der Waals surface area contributed by atoms with Gasteiger partial charge in [0, 0.05) is 16.9 Å².